The molecule has 2 rings (SSSR count). The summed E-state index contributed by atoms with van der Waals surface area (Å²) in [5.41, 5.74) is 4.77. The predicted octanol–water partition coefficient (Wildman–Crippen LogP) is 3.42. The Morgan fingerprint density at radius 3 is 2.67 bits per heavy atom. The maximum atomic E-state index is 5.05. The number of hydrogen-bond donors (Lipinski definition) is 1. The monoisotopic (exact) mass is 216 g/mol. The van der Waals surface area contributed by atoms with Crippen LogP contribution in [0.4, 0.5) is 0 Å². The topological polar surface area (TPSA) is 28.7 Å². The highest BCUT2D eigenvalue weighted by Gasteiger charge is 2.01. The van der Waals surface area contributed by atoms with E-state index >= 15 is 0 Å². The van der Waals surface area contributed by atoms with Gasteiger partial charge in [-0.05, 0) is 31.0 Å². The first-order valence-corrected chi connectivity index (χ1v) is 5.20. The van der Waals surface area contributed by atoms with Gasteiger partial charge in [-0.15, -0.1) is 0 Å². The van der Waals surface area contributed by atoms with Crippen molar-refractivity contribution in [1.82, 2.24) is 10.2 Å². The molecule has 0 atom stereocenters. The number of nitrogens with zero attached hydrogens (tertiary/aromatic N) is 1. The molecule has 0 spiro atoms. The van der Waals surface area contributed by atoms with Crippen molar-refractivity contribution >= 4 is 12.2 Å². The maximum Gasteiger partial charge on any atom is 0.120 e. The number of rotatable bonds is 1. The summed E-state index contributed by atoms with van der Waals surface area (Å²) in [6, 6.07) is 8.30. The summed E-state index contributed by atoms with van der Waals surface area (Å²) in [4.78, 5) is 0. The molecule has 0 bridgehead atoms. The molecule has 3 heteroatoms. The maximum absolute atomic E-state index is 5.05. The normalized spacial score (nSPS) is 10.3. The van der Waals surface area contributed by atoms with Gasteiger partial charge in [-0.2, -0.15) is 5.10 Å². The largest absolute Gasteiger partial charge is 0.268 e. The summed E-state index contributed by atoms with van der Waals surface area (Å²) in [7, 11) is 0. The molecule has 0 aliphatic carbocycles. The van der Waals surface area contributed by atoms with E-state index in [1.165, 1.54) is 16.7 Å². The molecule has 76 valence electrons. The third kappa shape index (κ3) is 2.13. The fourth-order valence-electron chi connectivity index (χ4n) is 1.66. The van der Waals surface area contributed by atoms with E-state index in [1.54, 1.807) is 6.20 Å². The number of aromatic amines is 1. The second-order valence-electron chi connectivity index (χ2n) is 3.65. The van der Waals surface area contributed by atoms with E-state index in [9.17, 15) is 0 Å². The summed E-state index contributed by atoms with van der Waals surface area (Å²) >= 11 is 5.05. The highest BCUT2D eigenvalue weighted by Crippen LogP contribution is 2.22. The first kappa shape index (κ1) is 10.1. The molecule has 0 unspecified atom stereocenters. The molecule has 1 heterocycles. The summed E-state index contributed by atoms with van der Waals surface area (Å²) < 4.78 is 0.660. The molecular formula is C12H12N2S. The number of hydrogen-bond acceptors (Lipinski definition) is 2. The molecule has 0 aliphatic heterocycles. The van der Waals surface area contributed by atoms with Crippen molar-refractivity contribution in [2.45, 2.75) is 13.8 Å². The summed E-state index contributed by atoms with van der Waals surface area (Å²) in [5, 5.41) is 6.73. The van der Waals surface area contributed by atoms with Gasteiger partial charge in [0.1, 0.15) is 4.64 Å². The molecular weight excluding hydrogens is 204 g/mol. The highest BCUT2D eigenvalue weighted by molar-refractivity contribution is 7.71. The molecule has 0 saturated carbocycles. The molecule has 1 aromatic carbocycles. The lowest BCUT2D eigenvalue weighted by molar-refractivity contribution is 1.02. The Bertz CT molecular complexity index is 543. The molecule has 1 N–H and O–H groups in total. The van der Waals surface area contributed by atoms with Crippen LogP contribution in [0.1, 0.15) is 11.1 Å². The minimum atomic E-state index is 0.660. The van der Waals surface area contributed by atoms with Crippen LogP contribution in [0.3, 0.4) is 0 Å². The van der Waals surface area contributed by atoms with E-state index in [4.69, 9.17) is 12.2 Å². The van der Waals surface area contributed by atoms with Gasteiger partial charge in [0.15, 0.2) is 0 Å². The van der Waals surface area contributed by atoms with E-state index in [2.05, 4.69) is 42.2 Å². The zero-order chi connectivity index (χ0) is 10.8. The average molecular weight is 216 g/mol. The number of aromatic nitrogens is 2. The molecule has 0 amide bonds. The van der Waals surface area contributed by atoms with Crippen molar-refractivity contribution in [3.05, 3.63) is 46.2 Å². The van der Waals surface area contributed by atoms with Gasteiger partial charge in [-0.25, -0.2) is 0 Å². The van der Waals surface area contributed by atoms with Crippen LogP contribution in [0, 0.1) is 18.5 Å². The summed E-state index contributed by atoms with van der Waals surface area (Å²) in [6.45, 7) is 4.19. The Kier molecular flexibility index (Phi) is 2.64. The molecule has 2 nitrogen and oxygen atoms in total. The third-order valence-corrected chi connectivity index (χ3v) is 2.57. The van der Waals surface area contributed by atoms with E-state index in [0.29, 0.717) is 4.64 Å². The molecule has 0 aliphatic rings. The second kappa shape index (κ2) is 3.95. The Morgan fingerprint density at radius 2 is 2.00 bits per heavy atom. The van der Waals surface area contributed by atoms with Gasteiger partial charge >= 0.3 is 0 Å². The van der Waals surface area contributed by atoms with Gasteiger partial charge in [-0.3, -0.25) is 5.10 Å². The lowest BCUT2D eigenvalue weighted by atomic mass is 10.0. The van der Waals surface area contributed by atoms with E-state index in [-0.39, 0.29) is 0 Å². The molecule has 15 heavy (non-hydrogen) atoms. The Morgan fingerprint density at radius 1 is 1.20 bits per heavy atom. The fraction of sp³-hybridized carbons (Fsp3) is 0.167. The van der Waals surface area contributed by atoms with E-state index < -0.39 is 0 Å². The first-order valence-electron chi connectivity index (χ1n) is 4.79. The van der Waals surface area contributed by atoms with Gasteiger partial charge in [0.2, 0.25) is 0 Å². The van der Waals surface area contributed by atoms with Crippen molar-refractivity contribution in [1.29, 1.82) is 0 Å². The van der Waals surface area contributed by atoms with E-state index in [1.807, 2.05) is 6.07 Å². The van der Waals surface area contributed by atoms with Crippen LogP contribution in [0.2, 0.25) is 0 Å². The standard InChI is InChI=1S/C12H12N2S/c1-8-3-4-11(9(2)5-8)10-6-12(15)14-13-7-10/h3-7H,1-2H3,(H,14,15). The number of nitrogens with one attached hydrogen (secondary N) is 1. The Hall–Kier alpha value is -1.48. The van der Waals surface area contributed by atoms with Gasteiger partial charge in [0, 0.05) is 5.56 Å². The lowest BCUT2D eigenvalue weighted by Crippen LogP contribution is -1.87. The SMILES string of the molecule is Cc1ccc(-c2cn[nH]c(=S)c2)c(C)c1. The number of benzene rings is 1. The van der Waals surface area contributed by atoms with Crippen LogP contribution in [-0.2, 0) is 0 Å². The van der Waals surface area contributed by atoms with Crippen LogP contribution in [0.25, 0.3) is 11.1 Å². The van der Waals surface area contributed by atoms with E-state index in [0.717, 1.165) is 5.56 Å². The van der Waals surface area contributed by atoms with Crippen LogP contribution in [0.15, 0.2) is 30.5 Å². The van der Waals surface area contributed by atoms with Gasteiger partial charge in [-0.1, -0.05) is 36.0 Å². The van der Waals surface area contributed by atoms with Crippen LogP contribution < -0.4 is 0 Å². The zero-order valence-corrected chi connectivity index (χ0v) is 9.56. The zero-order valence-electron chi connectivity index (χ0n) is 8.74. The first-order chi connectivity index (χ1) is 7.16. The van der Waals surface area contributed by atoms with Gasteiger partial charge in [0.25, 0.3) is 0 Å². The van der Waals surface area contributed by atoms with Gasteiger partial charge < -0.3 is 0 Å². The van der Waals surface area contributed by atoms with Crippen LogP contribution >= 0.6 is 12.2 Å². The average Bonchev–Trinajstić information content (AvgIpc) is 2.17. The predicted molar refractivity (Wildman–Crippen MR) is 64.3 cm³/mol. The highest BCUT2D eigenvalue weighted by atomic mass is 32.1. The Balaban J connectivity index is 2.59. The third-order valence-electron chi connectivity index (χ3n) is 2.36. The van der Waals surface area contributed by atoms with Gasteiger partial charge in [0.05, 0.1) is 6.20 Å². The molecule has 2 aromatic rings. The molecule has 1 aromatic heterocycles. The van der Waals surface area contributed by atoms with Crippen molar-refractivity contribution in [2.75, 3.05) is 0 Å². The summed E-state index contributed by atoms with van der Waals surface area (Å²) in [6.07, 6.45) is 1.80. The van der Waals surface area contributed by atoms with Crippen molar-refractivity contribution in [2.24, 2.45) is 0 Å². The van der Waals surface area contributed by atoms with Crippen molar-refractivity contribution < 1.29 is 0 Å². The number of aryl methyl sites for hydroxylation is 2. The second-order valence-corrected chi connectivity index (χ2v) is 4.09. The quantitative estimate of drug-likeness (QED) is 0.740. The van der Waals surface area contributed by atoms with Crippen molar-refractivity contribution in [3.8, 4) is 11.1 Å². The lowest BCUT2D eigenvalue weighted by Gasteiger charge is -2.05. The molecule has 0 radical (unpaired) electrons. The van der Waals surface area contributed by atoms with Crippen molar-refractivity contribution in [3.63, 3.8) is 0 Å². The Labute approximate surface area is 94.0 Å². The molecule has 0 saturated heterocycles. The minimum absolute atomic E-state index is 0.660. The number of H-pyrrole nitrogens is 1. The summed E-state index contributed by atoms with van der Waals surface area (Å²) in [5.74, 6) is 0. The minimum Gasteiger partial charge on any atom is -0.268 e. The smallest absolute Gasteiger partial charge is 0.120 e. The van der Waals surface area contributed by atoms with Crippen LogP contribution in [0.5, 0.6) is 0 Å². The van der Waals surface area contributed by atoms with Crippen LogP contribution in [-0.4, -0.2) is 10.2 Å². The fourth-order valence-corrected chi connectivity index (χ4v) is 1.84. The molecule has 0 fully saturated rings.